The molecule has 4 heteroatoms. The van der Waals surface area contributed by atoms with E-state index < -0.39 is 6.10 Å². The SMILES string of the molecule is CC(Oc1cccc(Cl)c1)C(=O)NC(C)c1ccccc1. The van der Waals surface area contributed by atoms with Crippen LogP contribution >= 0.6 is 11.6 Å². The van der Waals surface area contributed by atoms with Gasteiger partial charge in [-0.25, -0.2) is 0 Å². The van der Waals surface area contributed by atoms with Gasteiger partial charge < -0.3 is 10.1 Å². The summed E-state index contributed by atoms with van der Waals surface area (Å²) < 4.78 is 5.60. The minimum Gasteiger partial charge on any atom is -0.481 e. The van der Waals surface area contributed by atoms with Crippen LogP contribution in [0.1, 0.15) is 25.5 Å². The molecule has 2 atom stereocenters. The molecule has 3 nitrogen and oxygen atoms in total. The van der Waals surface area contributed by atoms with Crippen LogP contribution in [0, 0.1) is 0 Å². The summed E-state index contributed by atoms with van der Waals surface area (Å²) in [5, 5.41) is 3.52. The maximum absolute atomic E-state index is 12.1. The molecule has 0 aliphatic rings. The number of carbonyl (C=O) groups is 1. The number of carbonyl (C=O) groups excluding carboxylic acids is 1. The molecule has 1 N–H and O–H groups in total. The van der Waals surface area contributed by atoms with Gasteiger partial charge in [-0.15, -0.1) is 0 Å². The number of amides is 1. The van der Waals surface area contributed by atoms with E-state index in [2.05, 4.69) is 5.32 Å². The molecule has 0 saturated carbocycles. The van der Waals surface area contributed by atoms with E-state index >= 15 is 0 Å². The Balaban J connectivity index is 1.94. The number of nitrogens with one attached hydrogen (secondary N) is 1. The molecule has 21 heavy (non-hydrogen) atoms. The highest BCUT2D eigenvalue weighted by molar-refractivity contribution is 6.30. The first kappa shape index (κ1) is 15.4. The van der Waals surface area contributed by atoms with Gasteiger partial charge in [0, 0.05) is 5.02 Å². The van der Waals surface area contributed by atoms with Crippen LogP contribution in [0.5, 0.6) is 5.75 Å². The highest BCUT2D eigenvalue weighted by atomic mass is 35.5. The van der Waals surface area contributed by atoms with Crippen molar-refractivity contribution in [2.24, 2.45) is 0 Å². The zero-order valence-corrected chi connectivity index (χ0v) is 12.8. The van der Waals surface area contributed by atoms with Crippen LogP contribution in [-0.4, -0.2) is 12.0 Å². The number of rotatable bonds is 5. The van der Waals surface area contributed by atoms with E-state index in [4.69, 9.17) is 16.3 Å². The Morgan fingerprint density at radius 2 is 1.81 bits per heavy atom. The lowest BCUT2D eigenvalue weighted by atomic mass is 10.1. The van der Waals surface area contributed by atoms with E-state index in [1.807, 2.05) is 37.3 Å². The Morgan fingerprint density at radius 1 is 1.10 bits per heavy atom. The van der Waals surface area contributed by atoms with Crippen LogP contribution in [0.15, 0.2) is 54.6 Å². The molecular formula is C17H18ClNO2. The fourth-order valence-corrected chi connectivity index (χ4v) is 2.13. The fourth-order valence-electron chi connectivity index (χ4n) is 1.95. The minimum atomic E-state index is -0.588. The number of ether oxygens (including phenoxy) is 1. The lowest BCUT2D eigenvalue weighted by Gasteiger charge is -2.19. The summed E-state index contributed by atoms with van der Waals surface area (Å²) in [5.41, 5.74) is 1.06. The van der Waals surface area contributed by atoms with Gasteiger partial charge in [-0.2, -0.15) is 0 Å². The van der Waals surface area contributed by atoms with E-state index in [9.17, 15) is 4.79 Å². The molecule has 0 radical (unpaired) electrons. The van der Waals surface area contributed by atoms with E-state index in [1.165, 1.54) is 0 Å². The molecular weight excluding hydrogens is 286 g/mol. The van der Waals surface area contributed by atoms with Gasteiger partial charge in [0.15, 0.2) is 6.10 Å². The van der Waals surface area contributed by atoms with Crippen LogP contribution in [0.2, 0.25) is 5.02 Å². The second-order valence-electron chi connectivity index (χ2n) is 4.86. The molecule has 110 valence electrons. The van der Waals surface area contributed by atoms with Crippen LogP contribution < -0.4 is 10.1 Å². The molecule has 0 aliphatic carbocycles. The summed E-state index contributed by atoms with van der Waals surface area (Å²) in [7, 11) is 0. The lowest BCUT2D eigenvalue weighted by Crippen LogP contribution is -2.37. The van der Waals surface area contributed by atoms with Gasteiger partial charge in [0.1, 0.15) is 5.75 Å². The molecule has 2 rings (SSSR count). The molecule has 0 fully saturated rings. The van der Waals surface area contributed by atoms with Crippen molar-refractivity contribution in [3.63, 3.8) is 0 Å². The van der Waals surface area contributed by atoms with Crippen molar-refractivity contribution in [2.75, 3.05) is 0 Å². The maximum Gasteiger partial charge on any atom is 0.261 e. The van der Waals surface area contributed by atoms with Crippen LogP contribution in [0.25, 0.3) is 0 Å². The third-order valence-corrected chi connectivity index (χ3v) is 3.37. The molecule has 2 aromatic rings. The molecule has 0 aromatic heterocycles. The largest absolute Gasteiger partial charge is 0.481 e. The van der Waals surface area contributed by atoms with E-state index in [0.29, 0.717) is 10.8 Å². The Morgan fingerprint density at radius 3 is 2.48 bits per heavy atom. The van der Waals surface area contributed by atoms with Crippen molar-refractivity contribution in [3.05, 3.63) is 65.2 Å². The molecule has 0 spiro atoms. The molecule has 1 amide bonds. The van der Waals surface area contributed by atoms with Crippen molar-refractivity contribution < 1.29 is 9.53 Å². The second kappa shape index (κ2) is 7.14. The van der Waals surface area contributed by atoms with Crippen LogP contribution in [0.3, 0.4) is 0 Å². The van der Waals surface area contributed by atoms with Gasteiger partial charge in [-0.1, -0.05) is 48.0 Å². The number of hydrogen-bond donors (Lipinski definition) is 1. The quantitative estimate of drug-likeness (QED) is 0.907. The third kappa shape index (κ3) is 4.50. The van der Waals surface area contributed by atoms with Crippen molar-refractivity contribution in [1.82, 2.24) is 5.32 Å². The Labute approximate surface area is 129 Å². The molecule has 0 bridgehead atoms. The van der Waals surface area contributed by atoms with Crippen molar-refractivity contribution in [2.45, 2.75) is 26.0 Å². The topological polar surface area (TPSA) is 38.3 Å². The summed E-state index contributed by atoms with van der Waals surface area (Å²) >= 11 is 5.89. The Bertz CT molecular complexity index is 601. The first-order chi connectivity index (χ1) is 10.1. The normalized spacial score (nSPS) is 13.3. The van der Waals surface area contributed by atoms with Crippen LogP contribution in [0.4, 0.5) is 0 Å². The summed E-state index contributed by atoms with van der Waals surface area (Å²) in [4.78, 5) is 12.1. The van der Waals surface area contributed by atoms with Crippen molar-refractivity contribution in [1.29, 1.82) is 0 Å². The molecule has 0 aliphatic heterocycles. The molecule has 0 heterocycles. The zero-order valence-electron chi connectivity index (χ0n) is 12.0. The maximum atomic E-state index is 12.1. The van der Waals surface area contributed by atoms with Gasteiger partial charge >= 0.3 is 0 Å². The molecule has 2 unspecified atom stereocenters. The second-order valence-corrected chi connectivity index (χ2v) is 5.29. The summed E-state index contributed by atoms with van der Waals surface area (Å²) in [6.45, 7) is 3.66. The highest BCUT2D eigenvalue weighted by Gasteiger charge is 2.17. The number of hydrogen-bond acceptors (Lipinski definition) is 2. The van der Waals surface area contributed by atoms with Gasteiger partial charge in [-0.3, -0.25) is 4.79 Å². The van der Waals surface area contributed by atoms with Gasteiger partial charge in [-0.05, 0) is 37.6 Å². The van der Waals surface area contributed by atoms with Crippen molar-refractivity contribution >= 4 is 17.5 Å². The predicted molar refractivity (Wildman–Crippen MR) is 84.5 cm³/mol. The predicted octanol–water partition coefficient (Wildman–Crippen LogP) is 3.98. The van der Waals surface area contributed by atoms with Gasteiger partial charge in [0.05, 0.1) is 6.04 Å². The average Bonchev–Trinajstić information content (AvgIpc) is 2.48. The van der Waals surface area contributed by atoms with E-state index in [-0.39, 0.29) is 11.9 Å². The first-order valence-corrected chi connectivity index (χ1v) is 7.21. The number of halogens is 1. The van der Waals surface area contributed by atoms with Gasteiger partial charge in [0.25, 0.3) is 5.91 Å². The highest BCUT2D eigenvalue weighted by Crippen LogP contribution is 2.19. The average molecular weight is 304 g/mol. The monoisotopic (exact) mass is 303 g/mol. The van der Waals surface area contributed by atoms with Gasteiger partial charge in [0.2, 0.25) is 0 Å². The summed E-state index contributed by atoms with van der Waals surface area (Å²) in [6, 6.07) is 16.7. The zero-order chi connectivity index (χ0) is 15.2. The standard InChI is InChI=1S/C17H18ClNO2/c1-12(14-7-4-3-5-8-14)19-17(20)13(2)21-16-10-6-9-15(18)11-16/h3-13H,1-2H3,(H,19,20). The first-order valence-electron chi connectivity index (χ1n) is 6.84. The van der Waals surface area contributed by atoms with E-state index in [1.54, 1.807) is 31.2 Å². The third-order valence-electron chi connectivity index (χ3n) is 3.14. The molecule has 0 saturated heterocycles. The van der Waals surface area contributed by atoms with Crippen LogP contribution in [-0.2, 0) is 4.79 Å². The minimum absolute atomic E-state index is 0.0656. The summed E-state index contributed by atoms with van der Waals surface area (Å²) in [5.74, 6) is 0.420. The smallest absolute Gasteiger partial charge is 0.261 e. The Hall–Kier alpha value is -2.00. The molecule has 2 aromatic carbocycles. The fraction of sp³-hybridized carbons (Fsp3) is 0.235. The Kier molecular flexibility index (Phi) is 5.23. The van der Waals surface area contributed by atoms with E-state index in [0.717, 1.165) is 5.56 Å². The van der Waals surface area contributed by atoms with Crippen molar-refractivity contribution in [3.8, 4) is 5.75 Å². The lowest BCUT2D eigenvalue weighted by molar-refractivity contribution is -0.127. The summed E-state index contributed by atoms with van der Waals surface area (Å²) in [6.07, 6.45) is -0.588. The number of benzene rings is 2.